The SMILES string of the molecule is C#C[C@]1(CO)O[C@@H](n2ccc(N)n/c2=N\O)[C@](C)(Cl)[C@@H]1O. The molecule has 0 spiro atoms. The zero-order valence-corrected chi connectivity index (χ0v) is 11.9. The summed E-state index contributed by atoms with van der Waals surface area (Å²) in [5.74, 6) is 2.35. The maximum Gasteiger partial charge on any atom is 0.270 e. The Labute approximate surface area is 125 Å². The Bertz CT molecular complexity index is 653. The van der Waals surface area contributed by atoms with Crippen LogP contribution in [0.1, 0.15) is 13.2 Å². The molecule has 1 aromatic heterocycles. The molecule has 0 saturated carbocycles. The van der Waals surface area contributed by atoms with Gasteiger partial charge in [0.25, 0.3) is 5.62 Å². The van der Waals surface area contributed by atoms with Crippen LogP contribution in [0.4, 0.5) is 5.82 Å². The summed E-state index contributed by atoms with van der Waals surface area (Å²) in [6.07, 6.45) is 4.40. The van der Waals surface area contributed by atoms with Gasteiger partial charge in [0.05, 0.1) is 6.61 Å². The van der Waals surface area contributed by atoms with Gasteiger partial charge in [-0.2, -0.15) is 4.98 Å². The van der Waals surface area contributed by atoms with Crippen LogP contribution >= 0.6 is 11.6 Å². The highest BCUT2D eigenvalue weighted by Crippen LogP contribution is 2.47. The number of nitrogen functional groups attached to an aromatic ring is 1. The zero-order chi connectivity index (χ0) is 15.8. The summed E-state index contributed by atoms with van der Waals surface area (Å²) >= 11 is 6.34. The molecule has 8 nitrogen and oxygen atoms in total. The van der Waals surface area contributed by atoms with Crippen molar-refractivity contribution < 1.29 is 20.2 Å². The molecule has 21 heavy (non-hydrogen) atoms. The number of nitrogens with zero attached hydrogens (tertiary/aromatic N) is 3. The fraction of sp³-hybridized carbons (Fsp3) is 0.500. The van der Waals surface area contributed by atoms with Gasteiger partial charge in [-0.3, -0.25) is 4.57 Å². The summed E-state index contributed by atoms with van der Waals surface area (Å²) in [4.78, 5) is 2.42. The lowest BCUT2D eigenvalue weighted by molar-refractivity contribution is -0.0921. The lowest BCUT2D eigenvalue weighted by atomic mass is 9.91. The number of nitrogens with two attached hydrogens (primary N) is 1. The Morgan fingerprint density at radius 3 is 2.86 bits per heavy atom. The molecule has 2 heterocycles. The van der Waals surface area contributed by atoms with Crippen molar-refractivity contribution in [1.29, 1.82) is 0 Å². The number of hydrogen-bond donors (Lipinski definition) is 4. The molecular weight excluding hydrogens is 300 g/mol. The maximum atomic E-state index is 10.3. The Hall–Kier alpha value is -1.79. The molecule has 9 heteroatoms. The lowest BCUT2D eigenvalue weighted by Gasteiger charge is -2.27. The molecule has 0 unspecified atom stereocenters. The van der Waals surface area contributed by atoms with E-state index in [4.69, 9.17) is 33.7 Å². The van der Waals surface area contributed by atoms with E-state index in [9.17, 15) is 10.2 Å². The minimum atomic E-state index is -1.66. The first-order chi connectivity index (χ1) is 9.82. The van der Waals surface area contributed by atoms with Crippen molar-refractivity contribution in [2.45, 2.75) is 29.7 Å². The van der Waals surface area contributed by atoms with Crippen LogP contribution in [-0.4, -0.2) is 48.2 Å². The molecule has 1 fully saturated rings. The first-order valence-corrected chi connectivity index (χ1v) is 6.36. The third-order valence-corrected chi connectivity index (χ3v) is 3.86. The van der Waals surface area contributed by atoms with E-state index in [-0.39, 0.29) is 11.4 Å². The molecule has 2 rings (SSSR count). The van der Waals surface area contributed by atoms with Crippen LogP contribution in [0.15, 0.2) is 17.4 Å². The van der Waals surface area contributed by atoms with E-state index in [2.05, 4.69) is 16.1 Å². The van der Waals surface area contributed by atoms with Gasteiger partial charge < -0.3 is 25.9 Å². The number of aromatic nitrogens is 2. The molecule has 1 aromatic rings. The highest BCUT2D eigenvalue weighted by molar-refractivity contribution is 6.24. The predicted octanol–water partition coefficient (Wildman–Crippen LogP) is -0.993. The summed E-state index contributed by atoms with van der Waals surface area (Å²) in [5.41, 5.74) is 3.67. The van der Waals surface area contributed by atoms with Gasteiger partial charge in [-0.1, -0.05) is 5.92 Å². The minimum Gasteiger partial charge on any atom is -0.408 e. The monoisotopic (exact) mass is 314 g/mol. The highest BCUT2D eigenvalue weighted by Gasteiger charge is 2.61. The standard InChI is InChI=1S/C12H15ClN4O4/c1-3-12(6-18)8(19)11(2,13)9(21-12)17-5-4-7(14)15-10(17)16-20/h1,4-5,8-9,18-20H,6H2,2H3,(H2,14,15,16)/t8-,9+,11+,12+/m0/s1. The van der Waals surface area contributed by atoms with Crippen molar-refractivity contribution in [3.05, 3.63) is 17.9 Å². The number of alkyl halides is 1. The van der Waals surface area contributed by atoms with Crippen LogP contribution in [0.3, 0.4) is 0 Å². The molecule has 1 aliphatic rings. The maximum absolute atomic E-state index is 10.3. The van der Waals surface area contributed by atoms with Crippen molar-refractivity contribution in [2.75, 3.05) is 12.3 Å². The second kappa shape index (κ2) is 5.20. The van der Waals surface area contributed by atoms with E-state index >= 15 is 0 Å². The lowest BCUT2D eigenvalue weighted by Crippen LogP contribution is -2.48. The summed E-state index contributed by atoms with van der Waals surface area (Å²) in [6, 6.07) is 1.44. The summed E-state index contributed by atoms with van der Waals surface area (Å²) in [5, 5.41) is 31.8. The smallest absolute Gasteiger partial charge is 0.270 e. The van der Waals surface area contributed by atoms with E-state index in [1.807, 2.05) is 0 Å². The third-order valence-electron chi connectivity index (χ3n) is 3.47. The molecule has 1 aliphatic heterocycles. The largest absolute Gasteiger partial charge is 0.408 e. The van der Waals surface area contributed by atoms with Gasteiger partial charge in [0.2, 0.25) is 0 Å². The molecule has 1 saturated heterocycles. The zero-order valence-electron chi connectivity index (χ0n) is 11.1. The Morgan fingerprint density at radius 2 is 2.38 bits per heavy atom. The van der Waals surface area contributed by atoms with E-state index < -0.39 is 29.4 Å². The van der Waals surface area contributed by atoms with Gasteiger partial charge in [0, 0.05) is 6.20 Å². The first kappa shape index (κ1) is 15.6. The Morgan fingerprint density at radius 1 is 1.71 bits per heavy atom. The van der Waals surface area contributed by atoms with Crippen molar-refractivity contribution in [3.8, 4) is 12.3 Å². The molecule has 0 radical (unpaired) electrons. The van der Waals surface area contributed by atoms with E-state index in [1.54, 1.807) is 0 Å². The van der Waals surface area contributed by atoms with Crippen molar-refractivity contribution in [1.82, 2.24) is 9.55 Å². The summed E-state index contributed by atoms with van der Waals surface area (Å²) < 4.78 is 6.85. The van der Waals surface area contributed by atoms with Crippen LogP contribution in [0.5, 0.6) is 0 Å². The van der Waals surface area contributed by atoms with Gasteiger partial charge in [-0.05, 0) is 18.1 Å². The molecule has 0 amide bonds. The van der Waals surface area contributed by atoms with E-state index in [0.717, 1.165) is 0 Å². The Kier molecular flexibility index (Phi) is 3.86. The van der Waals surface area contributed by atoms with Crippen LogP contribution in [0, 0.1) is 12.3 Å². The summed E-state index contributed by atoms with van der Waals surface area (Å²) in [7, 11) is 0. The van der Waals surface area contributed by atoms with Gasteiger partial charge in [-0.15, -0.1) is 18.0 Å². The number of hydrogen-bond acceptors (Lipinski definition) is 7. The molecule has 4 atom stereocenters. The fourth-order valence-electron chi connectivity index (χ4n) is 2.27. The second-order valence-corrected chi connectivity index (χ2v) is 5.69. The normalized spacial score (nSPS) is 36.6. The topological polar surface area (TPSA) is 126 Å². The number of rotatable bonds is 2. The molecule has 0 aliphatic carbocycles. The van der Waals surface area contributed by atoms with Gasteiger partial charge in [0.15, 0.2) is 11.8 Å². The number of ether oxygens (including phenoxy) is 1. The fourth-order valence-corrected chi connectivity index (χ4v) is 2.60. The molecule has 114 valence electrons. The molecule has 0 bridgehead atoms. The molecule has 0 aromatic carbocycles. The third kappa shape index (κ3) is 2.24. The quantitative estimate of drug-likeness (QED) is 0.240. The summed E-state index contributed by atoms with van der Waals surface area (Å²) in [6.45, 7) is 0.862. The first-order valence-electron chi connectivity index (χ1n) is 5.98. The van der Waals surface area contributed by atoms with Crippen LogP contribution in [0.25, 0.3) is 0 Å². The van der Waals surface area contributed by atoms with Crippen molar-refractivity contribution in [3.63, 3.8) is 0 Å². The molecular formula is C12H15ClN4O4. The number of halogens is 1. The van der Waals surface area contributed by atoms with Crippen LogP contribution < -0.4 is 11.4 Å². The van der Waals surface area contributed by atoms with E-state index in [1.165, 1.54) is 23.8 Å². The Balaban J connectivity index is 2.59. The van der Waals surface area contributed by atoms with Gasteiger partial charge in [-0.25, -0.2) is 0 Å². The average Bonchev–Trinajstić information content (AvgIpc) is 2.68. The van der Waals surface area contributed by atoms with Crippen molar-refractivity contribution >= 4 is 17.4 Å². The van der Waals surface area contributed by atoms with Crippen LogP contribution in [0.2, 0.25) is 0 Å². The van der Waals surface area contributed by atoms with Crippen molar-refractivity contribution in [2.24, 2.45) is 5.16 Å². The predicted molar refractivity (Wildman–Crippen MR) is 73.0 cm³/mol. The van der Waals surface area contributed by atoms with Crippen LogP contribution in [-0.2, 0) is 4.74 Å². The van der Waals surface area contributed by atoms with Gasteiger partial charge in [0.1, 0.15) is 16.8 Å². The van der Waals surface area contributed by atoms with E-state index in [0.29, 0.717) is 0 Å². The number of aliphatic hydroxyl groups is 2. The minimum absolute atomic E-state index is 0.124. The number of aliphatic hydroxyl groups excluding tert-OH is 2. The van der Waals surface area contributed by atoms with Gasteiger partial charge >= 0.3 is 0 Å². The molecule has 5 N–H and O–H groups in total. The second-order valence-electron chi connectivity index (χ2n) is 4.88. The average molecular weight is 315 g/mol. The number of anilines is 1. The highest BCUT2D eigenvalue weighted by atomic mass is 35.5. The number of terminal acetylenes is 1.